The number of oxazole rings is 1. The molecule has 0 saturated heterocycles. The number of anilines is 1. The summed E-state index contributed by atoms with van der Waals surface area (Å²) in [6.45, 7) is 1.95. The van der Waals surface area contributed by atoms with Gasteiger partial charge in [0, 0.05) is 5.69 Å². The lowest BCUT2D eigenvalue weighted by Crippen LogP contribution is -2.34. The van der Waals surface area contributed by atoms with E-state index in [4.69, 9.17) is 28.2 Å². The van der Waals surface area contributed by atoms with Crippen LogP contribution in [-0.2, 0) is 0 Å². The van der Waals surface area contributed by atoms with Crippen molar-refractivity contribution in [2.45, 2.75) is 6.92 Å². The Hall–Kier alpha value is -3.29. The van der Waals surface area contributed by atoms with Crippen LogP contribution in [0.1, 0.15) is 15.9 Å². The van der Waals surface area contributed by atoms with Crippen LogP contribution in [0.5, 0.6) is 0 Å². The standard InChI is InChI=1S/C22H15ClFN3O2S/c1-12-6-8-14(16(23)10-12)21-26-18-11-13(7-9-19(18)29-21)25-22(30)27-20(28)15-4-2-3-5-17(15)24/h2-11H,1H3,(H2,25,27,28,30). The number of aromatic nitrogens is 1. The lowest BCUT2D eigenvalue weighted by molar-refractivity contribution is 0.0974. The van der Waals surface area contributed by atoms with Crippen LogP contribution in [0.4, 0.5) is 10.1 Å². The van der Waals surface area contributed by atoms with E-state index in [9.17, 15) is 9.18 Å². The van der Waals surface area contributed by atoms with Gasteiger partial charge in [-0.05, 0) is 67.2 Å². The van der Waals surface area contributed by atoms with Gasteiger partial charge in [-0.1, -0.05) is 29.8 Å². The van der Waals surface area contributed by atoms with Gasteiger partial charge in [-0.3, -0.25) is 10.1 Å². The Kier molecular flexibility index (Phi) is 5.48. The van der Waals surface area contributed by atoms with Crippen LogP contribution < -0.4 is 10.6 Å². The number of benzene rings is 3. The lowest BCUT2D eigenvalue weighted by Gasteiger charge is -2.09. The second-order valence-electron chi connectivity index (χ2n) is 6.57. The number of nitrogens with zero attached hydrogens (tertiary/aromatic N) is 1. The normalized spacial score (nSPS) is 10.8. The zero-order valence-electron chi connectivity index (χ0n) is 15.7. The molecule has 3 aromatic carbocycles. The molecule has 0 atom stereocenters. The number of carbonyl (C=O) groups excluding carboxylic acids is 1. The Bertz CT molecular complexity index is 1290. The van der Waals surface area contributed by atoms with Crippen LogP contribution in [0.15, 0.2) is 65.1 Å². The molecule has 0 bridgehead atoms. The summed E-state index contributed by atoms with van der Waals surface area (Å²) in [5.41, 5.74) is 3.41. The molecule has 0 unspecified atom stereocenters. The van der Waals surface area contributed by atoms with Gasteiger partial charge in [-0.15, -0.1) is 0 Å². The molecule has 30 heavy (non-hydrogen) atoms. The molecule has 1 aromatic heterocycles. The number of fused-ring (bicyclic) bond motifs is 1. The Morgan fingerprint density at radius 2 is 1.93 bits per heavy atom. The Morgan fingerprint density at radius 1 is 1.13 bits per heavy atom. The fraction of sp³-hybridized carbons (Fsp3) is 0.0455. The largest absolute Gasteiger partial charge is 0.436 e. The third-order valence-electron chi connectivity index (χ3n) is 4.35. The molecule has 0 fully saturated rings. The summed E-state index contributed by atoms with van der Waals surface area (Å²) in [4.78, 5) is 16.7. The molecule has 0 aliphatic heterocycles. The van der Waals surface area contributed by atoms with Gasteiger partial charge in [0.2, 0.25) is 5.89 Å². The van der Waals surface area contributed by atoms with Gasteiger partial charge in [-0.25, -0.2) is 9.37 Å². The minimum Gasteiger partial charge on any atom is -0.436 e. The summed E-state index contributed by atoms with van der Waals surface area (Å²) in [5.74, 6) is -0.851. The first-order valence-electron chi connectivity index (χ1n) is 8.95. The zero-order chi connectivity index (χ0) is 21.3. The number of hydrogen-bond acceptors (Lipinski definition) is 4. The average Bonchev–Trinajstić information content (AvgIpc) is 3.11. The molecule has 5 nitrogen and oxygen atoms in total. The number of amides is 1. The van der Waals surface area contributed by atoms with E-state index in [1.165, 1.54) is 18.2 Å². The third-order valence-corrected chi connectivity index (χ3v) is 4.86. The van der Waals surface area contributed by atoms with Gasteiger partial charge in [0.15, 0.2) is 10.7 Å². The molecule has 0 saturated carbocycles. The van der Waals surface area contributed by atoms with E-state index in [1.807, 2.05) is 25.1 Å². The summed E-state index contributed by atoms with van der Waals surface area (Å²) in [6, 6.07) is 16.5. The monoisotopic (exact) mass is 439 g/mol. The van der Waals surface area contributed by atoms with Crippen molar-refractivity contribution < 1.29 is 13.6 Å². The van der Waals surface area contributed by atoms with Crippen LogP contribution in [0.25, 0.3) is 22.6 Å². The molecule has 0 aliphatic rings. The maximum absolute atomic E-state index is 13.7. The van der Waals surface area contributed by atoms with Crippen LogP contribution in [0, 0.1) is 12.7 Å². The lowest BCUT2D eigenvalue weighted by atomic mass is 10.1. The first-order chi connectivity index (χ1) is 14.4. The Balaban J connectivity index is 1.52. The van der Waals surface area contributed by atoms with Gasteiger partial charge in [-0.2, -0.15) is 0 Å². The molecule has 0 radical (unpaired) electrons. The molecule has 8 heteroatoms. The van der Waals surface area contributed by atoms with Crippen molar-refractivity contribution in [2.24, 2.45) is 0 Å². The molecular weight excluding hydrogens is 425 g/mol. The first-order valence-corrected chi connectivity index (χ1v) is 9.73. The highest BCUT2D eigenvalue weighted by Gasteiger charge is 2.14. The summed E-state index contributed by atoms with van der Waals surface area (Å²) in [6.07, 6.45) is 0. The Labute approximate surface area is 181 Å². The van der Waals surface area contributed by atoms with Gasteiger partial charge in [0.25, 0.3) is 5.91 Å². The highest BCUT2D eigenvalue weighted by atomic mass is 35.5. The van der Waals surface area contributed by atoms with Crippen molar-refractivity contribution >= 4 is 51.6 Å². The quantitative estimate of drug-likeness (QED) is 0.399. The number of thiocarbonyl (C=S) groups is 1. The molecule has 1 heterocycles. The zero-order valence-corrected chi connectivity index (χ0v) is 17.3. The Morgan fingerprint density at radius 3 is 2.70 bits per heavy atom. The van der Waals surface area contributed by atoms with Gasteiger partial charge in [0.1, 0.15) is 11.3 Å². The second kappa shape index (κ2) is 8.22. The summed E-state index contributed by atoms with van der Waals surface area (Å²) in [7, 11) is 0. The SMILES string of the molecule is Cc1ccc(-c2nc3cc(NC(=S)NC(=O)c4ccccc4F)ccc3o2)c(Cl)c1. The second-order valence-corrected chi connectivity index (χ2v) is 7.39. The van der Waals surface area contributed by atoms with Crippen LogP contribution >= 0.6 is 23.8 Å². The topological polar surface area (TPSA) is 67.2 Å². The maximum atomic E-state index is 13.7. The molecule has 4 aromatic rings. The number of rotatable bonds is 3. The van der Waals surface area contributed by atoms with E-state index >= 15 is 0 Å². The number of hydrogen-bond donors (Lipinski definition) is 2. The molecule has 0 spiro atoms. The number of carbonyl (C=O) groups is 1. The van der Waals surface area contributed by atoms with Crippen LogP contribution in [-0.4, -0.2) is 16.0 Å². The van der Waals surface area contributed by atoms with Gasteiger partial charge >= 0.3 is 0 Å². The van der Waals surface area contributed by atoms with Crippen molar-refractivity contribution in [1.82, 2.24) is 10.3 Å². The fourth-order valence-corrected chi connectivity index (χ4v) is 3.42. The summed E-state index contributed by atoms with van der Waals surface area (Å²) in [5, 5.41) is 5.94. The number of aryl methyl sites for hydroxylation is 1. The van der Waals surface area contributed by atoms with E-state index in [2.05, 4.69) is 15.6 Å². The van der Waals surface area contributed by atoms with Gasteiger partial charge < -0.3 is 9.73 Å². The van der Waals surface area contributed by atoms with E-state index in [0.29, 0.717) is 33.3 Å². The fourth-order valence-electron chi connectivity index (χ4n) is 2.89. The van der Waals surface area contributed by atoms with Crippen molar-refractivity contribution in [1.29, 1.82) is 0 Å². The first kappa shape index (κ1) is 20.0. The average molecular weight is 440 g/mol. The number of nitrogens with one attached hydrogen (secondary N) is 2. The van der Waals surface area contributed by atoms with E-state index in [-0.39, 0.29) is 10.7 Å². The molecule has 0 aliphatic carbocycles. The number of halogens is 2. The molecule has 150 valence electrons. The predicted molar refractivity (Wildman–Crippen MR) is 119 cm³/mol. The smallest absolute Gasteiger partial charge is 0.260 e. The molecule has 2 N–H and O–H groups in total. The summed E-state index contributed by atoms with van der Waals surface area (Å²) < 4.78 is 19.5. The van der Waals surface area contributed by atoms with Crippen molar-refractivity contribution in [2.75, 3.05) is 5.32 Å². The van der Waals surface area contributed by atoms with E-state index < -0.39 is 11.7 Å². The minimum atomic E-state index is -0.635. The van der Waals surface area contributed by atoms with Crippen LogP contribution in [0.2, 0.25) is 5.02 Å². The molecule has 1 amide bonds. The highest BCUT2D eigenvalue weighted by molar-refractivity contribution is 7.80. The van der Waals surface area contributed by atoms with Crippen molar-refractivity contribution in [3.8, 4) is 11.5 Å². The summed E-state index contributed by atoms with van der Waals surface area (Å²) >= 11 is 11.5. The van der Waals surface area contributed by atoms with E-state index in [0.717, 1.165) is 5.56 Å². The van der Waals surface area contributed by atoms with Gasteiger partial charge in [0.05, 0.1) is 16.1 Å². The van der Waals surface area contributed by atoms with Crippen molar-refractivity contribution in [3.05, 3.63) is 82.6 Å². The van der Waals surface area contributed by atoms with Crippen molar-refractivity contribution in [3.63, 3.8) is 0 Å². The molecule has 4 rings (SSSR count). The predicted octanol–water partition coefficient (Wildman–Crippen LogP) is 5.72. The maximum Gasteiger partial charge on any atom is 0.260 e. The minimum absolute atomic E-state index is 0.0351. The van der Waals surface area contributed by atoms with E-state index in [1.54, 1.807) is 24.3 Å². The third kappa shape index (κ3) is 4.17. The van der Waals surface area contributed by atoms with Crippen LogP contribution in [0.3, 0.4) is 0 Å². The molecular formula is C22H15ClFN3O2S. The highest BCUT2D eigenvalue weighted by Crippen LogP contribution is 2.31.